The van der Waals surface area contributed by atoms with Crippen molar-refractivity contribution >= 4 is 0 Å². The van der Waals surface area contributed by atoms with E-state index in [1.54, 1.807) is 0 Å². The summed E-state index contributed by atoms with van der Waals surface area (Å²) in [7, 11) is 2.19. The zero-order chi connectivity index (χ0) is 11.6. The van der Waals surface area contributed by atoms with Gasteiger partial charge in [0.1, 0.15) is 0 Å². The lowest BCUT2D eigenvalue weighted by Gasteiger charge is -2.34. The molecule has 0 aromatic heterocycles. The molecule has 0 aromatic carbocycles. The van der Waals surface area contributed by atoms with Crippen LogP contribution in [0.5, 0.6) is 0 Å². The Morgan fingerprint density at radius 1 is 0.800 bits per heavy atom. The van der Waals surface area contributed by atoms with Gasteiger partial charge in [-0.15, -0.1) is 0 Å². The van der Waals surface area contributed by atoms with Crippen LogP contribution in [0.3, 0.4) is 0 Å². The van der Waals surface area contributed by atoms with Crippen molar-refractivity contribution in [2.75, 3.05) is 33.2 Å². The highest BCUT2D eigenvalue weighted by atomic mass is 15.3. The molecule has 2 heteroatoms. The molecule has 0 bridgehead atoms. The van der Waals surface area contributed by atoms with Gasteiger partial charge in [0.15, 0.2) is 0 Å². The summed E-state index contributed by atoms with van der Waals surface area (Å²) in [6.45, 7) is 17.5. The molecule has 0 N–H and O–H groups in total. The molecule has 0 amide bonds. The van der Waals surface area contributed by atoms with Gasteiger partial charge in [0, 0.05) is 32.2 Å². The maximum Gasteiger partial charge on any atom is 0.0112 e. The molecular weight excluding hydrogens is 184 g/mol. The molecule has 0 aliphatic carbocycles. The van der Waals surface area contributed by atoms with Gasteiger partial charge in [-0.1, -0.05) is 35.1 Å². The predicted molar refractivity (Wildman–Crippen MR) is 73.6 cm³/mol. The summed E-state index contributed by atoms with van der Waals surface area (Å²) in [5.74, 6) is 0. The fourth-order valence-corrected chi connectivity index (χ4v) is 1.34. The van der Waals surface area contributed by atoms with Crippen molar-refractivity contribution in [1.29, 1.82) is 0 Å². The van der Waals surface area contributed by atoms with E-state index in [9.17, 15) is 0 Å². The first-order valence-corrected chi connectivity index (χ1v) is 6.13. The Balaban J connectivity index is -0.000000258. The molecule has 96 valence electrons. The number of nitrogens with zero attached hydrogens (tertiary/aromatic N) is 2. The Morgan fingerprint density at radius 2 is 1.13 bits per heavy atom. The molecule has 0 radical (unpaired) electrons. The molecule has 1 fully saturated rings. The van der Waals surface area contributed by atoms with Gasteiger partial charge in [-0.25, -0.2) is 0 Å². The van der Waals surface area contributed by atoms with E-state index in [0.29, 0.717) is 0 Å². The molecule has 2 nitrogen and oxygen atoms in total. The Hall–Kier alpha value is -0.0800. The minimum Gasteiger partial charge on any atom is -0.304 e. The first-order chi connectivity index (χ1) is 6.70. The molecule has 1 aliphatic heterocycles. The standard InChI is InChI=1S/C8H18N2.2C2H6.CH4/c1-8(2)10-6-4-9(3)5-7-10;2*1-2;/h8H,4-7H2,1-3H3;2*1-2H3;1H4. The lowest BCUT2D eigenvalue weighted by atomic mass is 10.2. The minimum absolute atomic E-state index is 0. The van der Waals surface area contributed by atoms with Gasteiger partial charge in [-0.3, -0.25) is 4.90 Å². The number of likely N-dealkylation sites (N-methyl/N-ethyl adjacent to an activating group) is 1. The molecular formula is C13H34N2. The lowest BCUT2D eigenvalue weighted by Crippen LogP contribution is -2.47. The Morgan fingerprint density at radius 3 is 1.40 bits per heavy atom. The SMILES string of the molecule is C.CC.CC.CC(C)N1CCN(C)CC1. The Bertz CT molecular complexity index is 94.7. The van der Waals surface area contributed by atoms with Crippen LogP contribution in [0.2, 0.25) is 0 Å². The second-order valence-electron chi connectivity index (χ2n) is 3.43. The van der Waals surface area contributed by atoms with E-state index in [2.05, 4.69) is 30.7 Å². The Kier molecular flexibility index (Phi) is 18.9. The molecule has 1 rings (SSSR count). The smallest absolute Gasteiger partial charge is 0.0112 e. The first kappa shape index (κ1) is 20.3. The highest BCUT2D eigenvalue weighted by molar-refractivity contribution is 4.71. The van der Waals surface area contributed by atoms with Crippen LogP contribution in [0, 0.1) is 0 Å². The van der Waals surface area contributed by atoms with Crippen LogP contribution in [-0.2, 0) is 0 Å². The third-order valence-electron chi connectivity index (χ3n) is 2.27. The number of piperazine rings is 1. The average Bonchev–Trinajstić information content (AvgIpc) is 2.24. The molecule has 0 atom stereocenters. The topological polar surface area (TPSA) is 6.48 Å². The van der Waals surface area contributed by atoms with E-state index < -0.39 is 0 Å². The quantitative estimate of drug-likeness (QED) is 0.666. The van der Waals surface area contributed by atoms with Crippen LogP contribution in [0.15, 0.2) is 0 Å². The zero-order valence-electron chi connectivity index (χ0n) is 11.3. The zero-order valence-corrected chi connectivity index (χ0v) is 11.3. The molecule has 0 aromatic rings. The van der Waals surface area contributed by atoms with E-state index in [4.69, 9.17) is 0 Å². The van der Waals surface area contributed by atoms with E-state index in [0.717, 1.165) is 6.04 Å². The highest BCUT2D eigenvalue weighted by Crippen LogP contribution is 2.02. The fraction of sp³-hybridized carbons (Fsp3) is 1.00. The monoisotopic (exact) mass is 218 g/mol. The number of rotatable bonds is 1. The van der Waals surface area contributed by atoms with Crippen molar-refractivity contribution in [2.45, 2.75) is 55.0 Å². The second-order valence-corrected chi connectivity index (χ2v) is 3.43. The van der Waals surface area contributed by atoms with Gasteiger partial charge < -0.3 is 4.90 Å². The minimum atomic E-state index is 0. The maximum absolute atomic E-state index is 2.53. The van der Waals surface area contributed by atoms with Gasteiger partial charge in [0.05, 0.1) is 0 Å². The van der Waals surface area contributed by atoms with E-state index in [1.165, 1.54) is 26.2 Å². The van der Waals surface area contributed by atoms with Gasteiger partial charge in [-0.2, -0.15) is 0 Å². The molecule has 1 heterocycles. The molecule has 1 aliphatic rings. The van der Waals surface area contributed by atoms with Crippen molar-refractivity contribution < 1.29 is 0 Å². The molecule has 0 spiro atoms. The maximum atomic E-state index is 2.53. The summed E-state index contributed by atoms with van der Waals surface area (Å²) >= 11 is 0. The lowest BCUT2D eigenvalue weighted by molar-refractivity contribution is 0.126. The van der Waals surface area contributed by atoms with Crippen molar-refractivity contribution in [3.05, 3.63) is 0 Å². The molecule has 0 unspecified atom stereocenters. The second kappa shape index (κ2) is 13.9. The number of hydrogen-bond acceptors (Lipinski definition) is 2. The summed E-state index contributed by atoms with van der Waals surface area (Å²) in [4.78, 5) is 4.92. The van der Waals surface area contributed by atoms with Crippen molar-refractivity contribution in [1.82, 2.24) is 9.80 Å². The van der Waals surface area contributed by atoms with Gasteiger partial charge in [-0.05, 0) is 20.9 Å². The van der Waals surface area contributed by atoms with Crippen LogP contribution in [0.4, 0.5) is 0 Å². The van der Waals surface area contributed by atoms with Crippen molar-refractivity contribution in [3.8, 4) is 0 Å². The van der Waals surface area contributed by atoms with Crippen LogP contribution in [-0.4, -0.2) is 49.1 Å². The number of hydrogen-bond donors (Lipinski definition) is 0. The van der Waals surface area contributed by atoms with Gasteiger partial charge in [0.25, 0.3) is 0 Å². The molecule has 0 saturated carbocycles. The van der Waals surface area contributed by atoms with Gasteiger partial charge in [0.2, 0.25) is 0 Å². The van der Waals surface area contributed by atoms with Crippen LogP contribution in [0.25, 0.3) is 0 Å². The van der Waals surface area contributed by atoms with Crippen LogP contribution >= 0.6 is 0 Å². The average molecular weight is 218 g/mol. The molecule has 1 saturated heterocycles. The third-order valence-corrected chi connectivity index (χ3v) is 2.27. The third kappa shape index (κ3) is 10.2. The first-order valence-electron chi connectivity index (χ1n) is 6.13. The Labute approximate surface area is 98.6 Å². The highest BCUT2D eigenvalue weighted by Gasteiger charge is 2.15. The van der Waals surface area contributed by atoms with E-state index in [1.807, 2.05) is 27.7 Å². The van der Waals surface area contributed by atoms with E-state index in [-0.39, 0.29) is 7.43 Å². The molecule has 15 heavy (non-hydrogen) atoms. The van der Waals surface area contributed by atoms with Crippen LogP contribution < -0.4 is 0 Å². The largest absolute Gasteiger partial charge is 0.304 e. The van der Waals surface area contributed by atoms with Crippen LogP contribution in [0.1, 0.15) is 49.0 Å². The van der Waals surface area contributed by atoms with Gasteiger partial charge >= 0.3 is 0 Å². The summed E-state index contributed by atoms with van der Waals surface area (Å²) in [6.07, 6.45) is 0. The summed E-state index contributed by atoms with van der Waals surface area (Å²) < 4.78 is 0. The summed E-state index contributed by atoms with van der Waals surface area (Å²) in [5.41, 5.74) is 0. The normalized spacial score (nSPS) is 16.8. The summed E-state index contributed by atoms with van der Waals surface area (Å²) in [5, 5.41) is 0. The van der Waals surface area contributed by atoms with Crippen molar-refractivity contribution in [2.24, 2.45) is 0 Å². The summed E-state index contributed by atoms with van der Waals surface area (Å²) in [6, 6.07) is 0.730. The van der Waals surface area contributed by atoms with E-state index >= 15 is 0 Å². The fourth-order valence-electron chi connectivity index (χ4n) is 1.34. The van der Waals surface area contributed by atoms with Crippen molar-refractivity contribution in [3.63, 3.8) is 0 Å². The predicted octanol–water partition coefficient (Wildman–Crippen LogP) is 3.33.